The van der Waals surface area contributed by atoms with Gasteiger partial charge < -0.3 is 25.0 Å². The molecule has 25 heavy (non-hydrogen) atoms. The maximum Gasteiger partial charge on any atom is 0.258 e. The van der Waals surface area contributed by atoms with Crippen LogP contribution in [0, 0.1) is 0 Å². The maximum atomic E-state index is 12.2. The Kier molecular flexibility index (Phi) is 7.69. The van der Waals surface area contributed by atoms with Gasteiger partial charge in [0.15, 0.2) is 6.61 Å². The molecule has 0 radical (unpaired) electrons. The molecule has 2 amide bonds. The lowest BCUT2D eigenvalue weighted by Gasteiger charge is -2.36. The summed E-state index contributed by atoms with van der Waals surface area (Å²) in [6.45, 7) is 2.04. The molecule has 1 aliphatic heterocycles. The predicted molar refractivity (Wildman–Crippen MR) is 94.3 cm³/mol. The van der Waals surface area contributed by atoms with E-state index in [2.05, 4.69) is 10.2 Å². The van der Waals surface area contributed by atoms with Gasteiger partial charge in [-0.25, -0.2) is 0 Å². The highest BCUT2D eigenvalue weighted by atomic mass is 16.5. The van der Waals surface area contributed by atoms with E-state index in [-0.39, 0.29) is 31.6 Å². The van der Waals surface area contributed by atoms with E-state index in [1.165, 1.54) is 0 Å². The highest BCUT2D eigenvalue weighted by Gasteiger charge is 2.25. The molecule has 7 nitrogen and oxygen atoms in total. The van der Waals surface area contributed by atoms with E-state index in [0.29, 0.717) is 31.4 Å². The topological polar surface area (TPSA) is 82.1 Å². The first-order chi connectivity index (χ1) is 12.1. The molecule has 2 N–H and O–H groups in total. The van der Waals surface area contributed by atoms with Crippen molar-refractivity contribution in [2.75, 3.05) is 46.4 Å². The summed E-state index contributed by atoms with van der Waals surface area (Å²) in [6, 6.07) is 9.48. The molecule has 1 fully saturated rings. The number of aliphatic hydroxyl groups is 1. The Hall–Kier alpha value is -2.12. The summed E-state index contributed by atoms with van der Waals surface area (Å²) in [7, 11) is 1.99. The molecule has 0 unspecified atom stereocenters. The standard InChI is InChI=1S/C18H27N3O4/c1-20(11-12-22)15-7-9-21(10-8-15)18(24)13-19-17(23)14-25-16-5-3-2-4-6-16/h2-6,15,22H,7-14H2,1H3,(H,19,23). The van der Waals surface area contributed by atoms with Crippen LogP contribution in [0.2, 0.25) is 0 Å². The zero-order valence-corrected chi connectivity index (χ0v) is 14.7. The lowest BCUT2D eigenvalue weighted by atomic mass is 10.0. The lowest BCUT2D eigenvalue weighted by Crippen LogP contribution is -2.49. The van der Waals surface area contributed by atoms with Crippen LogP contribution in [0.1, 0.15) is 12.8 Å². The maximum absolute atomic E-state index is 12.2. The van der Waals surface area contributed by atoms with Gasteiger partial charge in [0.05, 0.1) is 13.2 Å². The summed E-state index contributed by atoms with van der Waals surface area (Å²) in [4.78, 5) is 27.9. The van der Waals surface area contributed by atoms with E-state index >= 15 is 0 Å². The first kappa shape index (κ1) is 19.2. The van der Waals surface area contributed by atoms with Crippen LogP contribution < -0.4 is 10.1 Å². The second kappa shape index (κ2) is 10.0. The first-order valence-corrected chi connectivity index (χ1v) is 8.63. The molecule has 7 heteroatoms. The van der Waals surface area contributed by atoms with Crippen molar-refractivity contribution < 1.29 is 19.4 Å². The van der Waals surface area contributed by atoms with Crippen LogP contribution >= 0.6 is 0 Å². The number of nitrogens with zero attached hydrogens (tertiary/aromatic N) is 2. The monoisotopic (exact) mass is 349 g/mol. The molecule has 1 aliphatic rings. The van der Waals surface area contributed by atoms with Gasteiger partial charge in [0.2, 0.25) is 5.91 Å². The molecule has 1 aromatic rings. The fraction of sp³-hybridized carbons (Fsp3) is 0.556. The number of para-hydroxylation sites is 1. The smallest absolute Gasteiger partial charge is 0.258 e. The van der Waals surface area contributed by atoms with Crippen molar-refractivity contribution in [1.29, 1.82) is 0 Å². The predicted octanol–water partition coefficient (Wildman–Crippen LogP) is 0.0967. The Morgan fingerprint density at radius 3 is 2.60 bits per heavy atom. The van der Waals surface area contributed by atoms with Crippen LogP contribution in [0.3, 0.4) is 0 Å². The Morgan fingerprint density at radius 2 is 1.96 bits per heavy atom. The quantitative estimate of drug-likeness (QED) is 0.695. The fourth-order valence-corrected chi connectivity index (χ4v) is 2.90. The Balaban J connectivity index is 1.64. The number of carbonyl (C=O) groups excluding carboxylic acids is 2. The van der Waals surface area contributed by atoms with Crippen LogP contribution in [0.25, 0.3) is 0 Å². The number of amides is 2. The summed E-state index contributed by atoms with van der Waals surface area (Å²) >= 11 is 0. The van der Waals surface area contributed by atoms with Crippen LogP contribution in [0.15, 0.2) is 30.3 Å². The van der Waals surface area contributed by atoms with Gasteiger partial charge in [-0.05, 0) is 32.0 Å². The summed E-state index contributed by atoms with van der Waals surface area (Å²) < 4.78 is 5.35. The third kappa shape index (κ3) is 6.36. The summed E-state index contributed by atoms with van der Waals surface area (Å²) in [5.74, 6) is 0.240. The minimum Gasteiger partial charge on any atom is -0.484 e. The van der Waals surface area contributed by atoms with Crippen molar-refractivity contribution in [3.63, 3.8) is 0 Å². The zero-order valence-electron chi connectivity index (χ0n) is 14.7. The molecule has 0 bridgehead atoms. The van der Waals surface area contributed by atoms with E-state index in [4.69, 9.17) is 9.84 Å². The molecule has 0 aromatic heterocycles. The molecule has 1 aromatic carbocycles. The number of piperidine rings is 1. The lowest BCUT2D eigenvalue weighted by molar-refractivity contribution is -0.134. The average molecular weight is 349 g/mol. The van der Waals surface area contributed by atoms with Crippen molar-refractivity contribution >= 4 is 11.8 Å². The molecule has 0 spiro atoms. The van der Waals surface area contributed by atoms with Crippen molar-refractivity contribution in [1.82, 2.24) is 15.1 Å². The highest BCUT2D eigenvalue weighted by Crippen LogP contribution is 2.15. The van der Waals surface area contributed by atoms with Crippen molar-refractivity contribution in [3.05, 3.63) is 30.3 Å². The minimum absolute atomic E-state index is 0.00582. The normalized spacial score (nSPS) is 15.2. The first-order valence-electron chi connectivity index (χ1n) is 8.63. The van der Waals surface area contributed by atoms with Crippen molar-refractivity contribution in [3.8, 4) is 5.75 Å². The van der Waals surface area contributed by atoms with Gasteiger partial charge >= 0.3 is 0 Å². The minimum atomic E-state index is -0.310. The summed E-state index contributed by atoms with van der Waals surface area (Å²) in [5.41, 5.74) is 0. The van der Waals surface area contributed by atoms with Gasteiger partial charge in [-0.2, -0.15) is 0 Å². The number of likely N-dealkylation sites (tertiary alicyclic amines) is 1. The van der Waals surface area contributed by atoms with Gasteiger partial charge in [0.1, 0.15) is 5.75 Å². The molecule has 0 saturated carbocycles. The molecular formula is C18H27N3O4. The number of carbonyl (C=O) groups is 2. The highest BCUT2D eigenvalue weighted by molar-refractivity contribution is 5.85. The number of nitrogens with one attached hydrogen (secondary N) is 1. The Labute approximate surface area is 148 Å². The number of hydrogen-bond donors (Lipinski definition) is 2. The largest absolute Gasteiger partial charge is 0.484 e. The SMILES string of the molecule is CN(CCO)C1CCN(C(=O)CNC(=O)COc2ccccc2)CC1. The van der Waals surface area contributed by atoms with Crippen molar-refractivity contribution in [2.45, 2.75) is 18.9 Å². The third-order valence-electron chi connectivity index (χ3n) is 4.44. The van der Waals surface area contributed by atoms with Gasteiger partial charge in [-0.15, -0.1) is 0 Å². The van der Waals surface area contributed by atoms with E-state index in [1.54, 1.807) is 17.0 Å². The van der Waals surface area contributed by atoms with Gasteiger partial charge in [0, 0.05) is 25.7 Å². The van der Waals surface area contributed by atoms with Crippen molar-refractivity contribution in [2.24, 2.45) is 0 Å². The van der Waals surface area contributed by atoms with Crippen LogP contribution in [0.4, 0.5) is 0 Å². The van der Waals surface area contributed by atoms with E-state index in [9.17, 15) is 9.59 Å². The van der Waals surface area contributed by atoms with Crippen LogP contribution in [0.5, 0.6) is 5.75 Å². The van der Waals surface area contributed by atoms with Crippen LogP contribution in [-0.2, 0) is 9.59 Å². The third-order valence-corrected chi connectivity index (χ3v) is 4.44. The number of aliphatic hydroxyl groups excluding tert-OH is 1. The molecule has 0 aliphatic carbocycles. The molecule has 0 atom stereocenters. The molecule has 2 rings (SSSR count). The Morgan fingerprint density at radius 1 is 1.28 bits per heavy atom. The number of benzene rings is 1. The van der Waals surface area contributed by atoms with Gasteiger partial charge in [-0.1, -0.05) is 18.2 Å². The number of ether oxygens (including phenoxy) is 1. The fourth-order valence-electron chi connectivity index (χ4n) is 2.90. The van der Waals surface area contributed by atoms with Gasteiger partial charge in [-0.3, -0.25) is 9.59 Å². The van der Waals surface area contributed by atoms with E-state index in [1.807, 2.05) is 25.2 Å². The average Bonchev–Trinajstić information content (AvgIpc) is 2.65. The summed E-state index contributed by atoms with van der Waals surface area (Å²) in [5, 5.41) is 11.6. The number of rotatable bonds is 8. The summed E-state index contributed by atoms with van der Waals surface area (Å²) in [6.07, 6.45) is 1.76. The zero-order chi connectivity index (χ0) is 18.1. The number of likely N-dealkylation sites (N-methyl/N-ethyl adjacent to an activating group) is 1. The molecule has 138 valence electrons. The second-order valence-corrected chi connectivity index (χ2v) is 6.19. The van der Waals surface area contributed by atoms with Crippen LogP contribution in [-0.4, -0.2) is 79.2 Å². The molecule has 1 heterocycles. The van der Waals surface area contributed by atoms with E-state index in [0.717, 1.165) is 12.8 Å². The molecular weight excluding hydrogens is 322 g/mol. The van der Waals surface area contributed by atoms with Gasteiger partial charge in [0.25, 0.3) is 5.91 Å². The molecule has 1 saturated heterocycles. The second-order valence-electron chi connectivity index (χ2n) is 6.19. The number of hydrogen-bond acceptors (Lipinski definition) is 5. The van der Waals surface area contributed by atoms with E-state index < -0.39 is 0 Å². The Bertz CT molecular complexity index is 545.